The van der Waals surface area contributed by atoms with Gasteiger partial charge in [0.2, 0.25) is 0 Å². The number of morpholine rings is 1. The highest BCUT2D eigenvalue weighted by Gasteiger charge is 2.28. The number of hydrogen-bond donors (Lipinski definition) is 0. The Morgan fingerprint density at radius 3 is 2.73 bits per heavy atom. The van der Waals surface area contributed by atoms with Crippen LogP contribution < -0.4 is 4.90 Å². The van der Waals surface area contributed by atoms with Crippen molar-refractivity contribution in [3.05, 3.63) is 23.4 Å². The van der Waals surface area contributed by atoms with E-state index in [2.05, 4.69) is 42.8 Å². The van der Waals surface area contributed by atoms with Crippen LogP contribution in [0.2, 0.25) is 0 Å². The molecule has 2 aliphatic heterocycles. The van der Waals surface area contributed by atoms with Gasteiger partial charge in [0.1, 0.15) is 5.82 Å². The minimum atomic E-state index is 0.564. The number of hydrogen-bond acceptors (Lipinski definition) is 4. The predicted octanol–water partition coefficient (Wildman–Crippen LogP) is 3.02. The molecule has 0 bridgehead atoms. The fourth-order valence-corrected chi connectivity index (χ4v) is 3.73. The molecule has 1 aromatic rings. The van der Waals surface area contributed by atoms with Crippen molar-refractivity contribution in [3.8, 4) is 0 Å². The number of anilines is 1. The van der Waals surface area contributed by atoms with Crippen LogP contribution in [0, 0.1) is 12.8 Å². The molecule has 3 rings (SSSR count). The van der Waals surface area contributed by atoms with Crippen LogP contribution >= 0.6 is 0 Å². The van der Waals surface area contributed by atoms with Crippen molar-refractivity contribution >= 4 is 5.82 Å². The Kier molecular flexibility index (Phi) is 4.99. The van der Waals surface area contributed by atoms with Crippen LogP contribution in [-0.4, -0.2) is 49.3 Å². The van der Waals surface area contributed by atoms with Crippen LogP contribution in [0.1, 0.15) is 43.9 Å². The molecule has 4 heteroatoms. The molecule has 0 spiro atoms. The summed E-state index contributed by atoms with van der Waals surface area (Å²) in [5.74, 6) is 1.83. The molecular formula is C18H29N3O. The summed E-state index contributed by atoms with van der Waals surface area (Å²) >= 11 is 0. The molecule has 0 aromatic carbocycles. The van der Waals surface area contributed by atoms with Crippen LogP contribution in [0.5, 0.6) is 0 Å². The maximum absolute atomic E-state index is 5.43. The summed E-state index contributed by atoms with van der Waals surface area (Å²) in [7, 11) is 0. The summed E-state index contributed by atoms with van der Waals surface area (Å²) in [5.41, 5.74) is 2.81. The second kappa shape index (κ2) is 6.97. The average molecular weight is 303 g/mol. The van der Waals surface area contributed by atoms with Crippen LogP contribution in [0.15, 0.2) is 12.3 Å². The number of ether oxygens (including phenoxy) is 1. The highest BCUT2D eigenvalue weighted by Crippen LogP contribution is 2.34. The number of aromatic nitrogens is 1. The van der Waals surface area contributed by atoms with Crippen molar-refractivity contribution < 1.29 is 4.74 Å². The highest BCUT2D eigenvalue weighted by molar-refractivity contribution is 5.44. The predicted molar refractivity (Wildman–Crippen MR) is 90.4 cm³/mol. The summed E-state index contributed by atoms with van der Waals surface area (Å²) in [6.07, 6.45) is 4.71. The Morgan fingerprint density at radius 2 is 2.05 bits per heavy atom. The minimum absolute atomic E-state index is 0.564. The quantitative estimate of drug-likeness (QED) is 0.855. The third-order valence-corrected chi connectivity index (χ3v) is 4.79. The molecule has 0 unspecified atom stereocenters. The Labute approximate surface area is 134 Å². The van der Waals surface area contributed by atoms with Gasteiger partial charge in [0.05, 0.1) is 13.2 Å². The molecule has 0 radical (unpaired) electrons. The molecule has 1 atom stereocenters. The van der Waals surface area contributed by atoms with E-state index in [1.807, 2.05) is 0 Å². The maximum atomic E-state index is 5.43. The molecule has 22 heavy (non-hydrogen) atoms. The molecular weight excluding hydrogens is 274 g/mol. The van der Waals surface area contributed by atoms with Crippen LogP contribution in [0.25, 0.3) is 0 Å². The third kappa shape index (κ3) is 3.44. The van der Waals surface area contributed by atoms with Crippen molar-refractivity contribution in [1.82, 2.24) is 9.88 Å². The topological polar surface area (TPSA) is 28.6 Å². The summed E-state index contributed by atoms with van der Waals surface area (Å²) < 4.78 is 5.43. The second-order valence-electron chi connectivity index (χ2n) is 7.05. The van der Waals surface area contributed by atoms with E-state index in [0.717, 1.165) is 38.0 Å². The Bertz CT molecular complexity index is 497. The van der Waals surface area contributed by atoms with E-state index in [9.17, 15) is 0 Å². The molecule has 0 saturated carbocycles. The number of likely N-dealkylation sites (tertiary alicyclic amines) is 1. The lowest BCUT2D eigenvalue weighted by atomic mass is 10.0. The number of aryl methyl sites for hydroxylation is 1. The van der Waals surface area contributed by atoms with Gasteiger partial charge in [0, 0.05) is 31.9 Å². The Morgan fingerprint density at radius 1 is 1.27 bits per heavy atom. The smallest absolute Gasteiger partial charge is 0.128 e. The second-order valence-corrected chi connectivity index (χ2v) is 7.05. The van der Waals surface area contributed by atoms with E-state index in [1.54, 1.807) is 0 Å². The fraction of sp³-hybridized carbons (Fsp3) is 0.722. The van der Waals surface area contributed by atoms with Crippen molar-refractivity contribution in [2.75, 3.05) is 44.3 Å². The molecule has 2 saturated heterocycles. The van der Waals surface area contributed by atoms with Gasteiger partial charge in [-0.25, -0.2) is 4.98 Å². The first kappa shape index (κ1) is 15.8. The SMILES string of the molecule is Cc1cc(N2CCOCC2)ncc1[C@@H]1CCCN1CC(C)C. The van der Waals surface area contributed by atoms with Gasteiger partial charge in [0.25, 0.3) is 0 Å². The van der Waals surface area contributed by atoms with Crippen molar-refractivity contribution in [2.45, 2.75) is 39.7 Å². The summed E-state index contributed by atoms with van der Waals surface area (Å²) in [4.78, 5) is 9.74. The lowest BCUT2D eigenvalue weighted by molar-refractivity contribution is 0.122. The summed E-state index contributed by atoms with van der Waals surface area (Å²) in [6, 6.07) is 2.83. The molecule has 1 aromatic heterocycles. The van der Waals surface area contributed by atoms with E-state index in [0.29, 0.717) is 6.04 Å². The zero-order valence-electron chi connectivity index (χ0n) is 14.2. The first-order chi connectivity index (χ1) is 10.6. The Balaban J connectivity index is 1.76. The van der Waals surface area contributed by atoms with Gasteiger partial charge in [-0.05, 0) is 49.4 Å². The van der Waals surface area contributed by atoms with E-state index < -0.39 is 0 Å². The van der Waals surface area contributed by atoms with E-state index >= 15 is 0 Å². The molecule has 3 heterocycles. The van der Waals surface area contributed by atoms with E-state index in [1.165, 1.54) is 37.1 Å². The normalized spacial score (nSPS) is 23.5. The molecule has 4 nitrogen and oxygen atoms in total. The molecule has 2 aliphatic rings. The summed E-state index contributed by atoms with van der Waals surface area (Å²) in [6.45, 7) is 12.8. The molecule has 0 amide bonds. The van der Waals surface area contributed by atoms with Gasteiger partial charge in [-0.15, -0.1) is 0 Å². The standard InChI is InChI=1S/C18H29N3O/c1-14(2)13-21-6-4-5-17(21)16-12-19-18(11-15(16)3)20-7-9-22-10-8-20/h11-12,14,17H,4-10,13H2,1-3H3/t17-/m0/s1. The van der Waals surface area contributed by atoms with Gasteiger partial charge in [0.15, 0.2) is 0 Å². The zero-order valence-corrected chi connectivity index (χ0v) is 14.2. The third-order valence-electron chi connectivity index (χ3n) is 4.79. The average Bonchev–Trinajstić information content (AvgIpc) is 2.95. The lowest BCUT2D eigenvalue weighted by Crippen LogP contribution is -2.36. The van der Waals surface area contributed by atoms with Crippen LogP contribution in [0.3, 0.4) is 0 Å². The van der Waals surface area contributed by atoms with E-state index in [4.69, 9.17) is 9.72 Å². The number of rotatable bonds is 4. The molecule has 122 valence electrons. The van der Waals surface area contributed by atoms with Crippen LogP contribution in [-0.2, 0) is 4.74 Å². The van der Waals surface area contributed by atoms with Gasteiger partial charge in [-0.1, -0.05) is 13.8 Å². The Hall–Kier alpha value is -1.13. The van der Waals surface area contributed by atoms with Crippen molar-refractivity contribution in [2.24, 2.45) is 5.92 Å². The van der Waals surface area contributed by atoms with Gasteiger partial charge in [-0.2, -0.15) is 0 Å². The number of nitrogens with zero attached hydrogens (tertiary/aromatic N) is 3. The zero-order chi connectivity index (χ0) is 15.5. The first-order valence-electron chi connectivity index (χ1n) is 8.68. The maximum Gasteiger partial charge on any atom is 0.128 e. The van der Waals surface area contributed by atoms with Gasteiger partial charge in [-0.3, -0.25) is 4.90 Å². The van der Waals surface area contributed by atoms with Crippen molar-refractivity contribution in [3.63, 3.8) is 0 Å². The fourth-order valence-electron chi connectivity index (χ4n) is 3.73. The monoisotopic (exact) mass is 303 g/mol. The summed E-state index contributed by atoms with van der Waals surface area (Å²) in [5, 5.41) is 0. The van der Waals surface area contributed by atoms with Gasteiger partial charge >= 0.3 is 0 Å². The number of pyridine rings is 1. The van der Waals surface area contributed by atoms with E-state index in [-0.39, 0.29) is 0 Å². The molecule has 2 fully saturated rings. The van der Waals surface area contributed by atoms with Crippen LogP contribution in [0.4, 0.5) is 5.82 Å². The lowest BCUT2D eigenvalue weighted by Gasteiger charge is -2.30. The highest BCUT2D eigenvalue weighted by atomic mass is 16.5. The largest absolute Gasteiger partial charge is 0.378 e. The van der Waals surface area contributed by atoms with Gasteiger partial charge < -0.3 is 9.64 Å². The molecule has 0 aliphatic carbocycles. The molecule has 0 N–H and O–H groups in total. The first-order valence-corrected chi connectivity index (χ1v) is 8.68. The minimum Gasteiger partial charge on any atom is -0.378 e. The van der Waals surface area contributed by atoms with Crippen molar-refractivity contribution in [1.29, 1.82) is 0 Å².